The van der Waals surface area contributed by atoms with Crippen molar-refractivity contribution in [1.29, 1.82) is 0 Å². The van der Waals surface area contributed by atoms with Crippen LogP contribution in [0.1, 0.15) is 16.1 Å². The quantitative estimate of drug-likeness (QED) is 0.502. The monoisotopic (exact) mass is 519 g/mol. The second kappa shape index (κ2) is 9.34. The van der Waals surface area contributed by atoms with E-state index in [1.165, 1.54) is 29.2 Å². The van der Waals surface area contributed by atoms with Crippen molar-refractivity contribution in [3.05, 3.63) is 71.6 Å². The van der Waals surface area contributed by atoms with Crippen LogP contribution in [0.15, 0.2) is 48.7 Å². The van der Waals surface area contributed by atoms with Crippen molar-refractivity contribution in [1.82, 2.24) is 9.88 Å². The van der Waals surface area contributed by atoms with E-state index in [2.05, 4.69) is 10.3 Å². The fourth-order valence-electron chi connectivity index (χ4n) is 4.01. The average molecular weight is 519 g/mol. The largest absolute Gasteiger partial charge is 0.490 e. The molecule has 1 aromatic heterocycles. The minimum atomic E-state index is -4.56. The summed E-state index contributed by atoms with van der Waals surface area (Å²) in [4.78, 5) is 29.0. The number of aromatic nitrogens is 1. The molecule has 2 aliphatic rings. The molecule has 2 aromatic carbocycles. The van der Waals surface area contributed by atoms with Crippen LogP contribution < -0.4 is 14.8 Å². The molecule has 0 unspecified atom stereocenters. The van der Waals surface area contributed by atoms with Crippen LogP contribution in [0.2, 0.25) is 0 Å². The first-order valence-electron chi connectivity index (χ1n) is 11.1. The molecule has 37 heavy (non-hydrogen) atoms. The standard InChI is InChI=1S/C25H18F5N3O4/c26-17-7-21-19(32-23(34)12-37-21)6-16(17)24(35)33-9-13(10-33)11-36-20-3-1-14(5-18(20)27)15-2-4-22(31-8-15)25(28,29)30/h1-8,13H,9-12H2,(H,32,34). The number of alkyl halides is 3. The van der Waals surface area contributed by atoms with Gasteiger partial charge < -0.3 is 19.7 Å². The molecule has 0 radical (unpaired) electrons. The number of amides is 2. The maximum absolute atomic E-state index is 14.5. The highest BCUT2D eigenvalue weighted by Gasteiger charge is 2.34. The van der Waals surface area contributed by atoms with Gasteiger partial charge in [0, 0.05) is 36.8 Å². The van der Waals surface area contributed by atoms with Crippen molar-refractivity contribution in [2.75, 3.05) is 31.6 Å². The third kappa shape index (κ3) is 5.04. The predicted octanol–water partition coefficient (Wildman–Crippen LogP) is 4.53. The lowest BCUT2D eigenvalue weighted by molar-refractivity contribution is -0.141. The number of nitrogens with zero attached hydrogens (tertiary/aromatic N) is 2. The number of hydrogen-bond acceptors (Lipinski definition) is 5. The molecule has 2 amide bonds. The summed E-state index contributed by atoms with van der Waals surface area (Å²) in [5.41, 5.74) is -0.386. The van der Waals surface area contributed by atoms with E-state index in [-0.39, 0.29) is 55.0 Å². The molecule has 1 saturated heterocycles. The van der Waals surface area contributed by atoms with Crippen LogP contribution in [-0.4, -0.2) is 48.0 Å². The maximum atomic E-state index is 14.5. The van der Waals surface area contributed by atoms with Crippen LogP contribution >= 0.6 is 0 Å². The lowest BCUT2D eigenvalue weighted by atomic mass is 9.99. The topological polar surface area (TPSA) is 80.8 Å². The summed E-state index contributed by atoms with van der Waals surface area (Å²) in [5, 5.41) is 2.53. The van der Waals surface area contributed by atoms with E-state index >= 15 is 0 Å². The molecule has 0 atom stereocenters. The molecule has 1 N–H and O–H groups in total. The molecule has 0 bridgehead atoms. The Labute approximate surface area is 206 Å². The van der Waals surface area contributed by atoms with Gasteiger partial charge in [0.1, 0.15) is 17.3 Å². The molecular weight excluding hydrogens is 501 g/mol. The Bertz CT molecular complexity index is 1370. The Hall–Kier alpha value is -4.22. The molecular formula is C25H18F5N3O4. The maximum Gasteiger partial charge on any atom is 0.433 e. The molecule has 0 spiro atoms. The van der Waals surface area contributed by atoms with Crippen LogP contribution in [0.4, 0.5) is 27.6 Å². The zero-order chi connectivity index (χ0) is 26.3. The molecule has 5 rings (SSSR count). The van der Waals surface area contributed by atoms with Crippen LogP contribution in [0.5, 0.6) is 11.5 Å². The van der Waals surface area contributed by atoms with Gasteiger partial charge in [0.15, 0.2) is 18.2 Å². The highest BCUT2D eigenvalue weighted by molar-refractivity contribution is 6.00. The van der Waals surface area contributed by atoms with Crippen LogP contribution in [-0.2, 0) is 11.0 Å². The molecule has 12 heteroatoms. The van der Waals surface area contributed by atoms with Crippen LogP contribution in [0, 0.1) is 17.6 Å². The summed E-state index contributed by atoms with van der Waals surface area (Å²) in [6, 6.07) is 8.31. The molecule has 0 aliphatic carbocycles. The number of fused-ring (bicyclic) bond motifs is 1. The van der Waals surface area contributed by atoms with Crippen molar-refractivity contribution in [3.8, 4) is 22.6 Å². The molecule has 7 nitrogen and oxygen atoms in total. The number of halogens is 5. The Morgan fingerprint density at radius 3 is 2.51 bits per heavy atom. The second-order valence-corrected chi connectivity index (χ2v) is 8.63. The lowest BCUT2D eigenvalue weighted by Gasteiger charge is -2.39. The summed E-state index contributed by atoms with van der Waals surface area (Å²) in [6.07, 6.45) is -3.55. The molecule has 1 fully saturated rings. The van der Waals surface area contributed by atoms with Gasteiger partial charge in [-0.05, 0) is 29.8 Å². The van der Waals surface area contributed by atoms with Gasteiger partial charge in [0.05, 0.1) is 17.9 Å². The zero-order valence-corrected chi connectivity index (χ0v) is 18.9. The number of pyridine rings is 1. The summed E-state index contributed by atoms with van der Waals surface area (Å²) in [6.45, 7) is 0.381. The number of benzene rings is 2. The van der Waals surface area contributed by atoms with Crippen molar-refractivity contribution >= 4 is 17.5 Å². The van der Waals surface area contributed by atoms with E-state index in [9.17, 15) is 31.5 Å². The number of likely N-dealkylation sites (tertiary alicyclic amines) is 1. The number of carbonyl (C=O) groups excluding carboxylic acids is 2. The fourth-order valence-corrected chi connectivity index (χ4v) is 4.01. The van der Waals surface area contributed by atoms with Gasteiger partial charge in [0.25, 0.3) is 11.8 Å². The van der Waals surface area contributed by atoms with E-state index in [1.807, 2.05) is 0 Å². The number of ether oxygens (including phenoxy) is 2. The van der Waals surface area contributed by atoms with Gasteiger partial charge in [-0.1, -0.05) is 12.1 Å². The third-order valence-electron chi connectivity index (χ3n) is 5.97. The number of nitrogens with one attached hydrogen (secondary N) is 1. The highest BCUT2D eigenvalue weighted by atomic mass is 19.4. The zero-order valence-electron chi connectivity index (χ0n) is 18.9. The predicted molar refractivity (Wildman–Crippen MR) is 120 cm³/mol. The second-order valence-electron chi connectivity index (χ2n) is 8.63. The molecule has 192 valence electrons. The van der Waals surface area contributed by atoms with Gasteiger partial charge in [-0.15, -0.1) is 0 Å². The van der Waals surface area contributed by atoms with E-state index in [1.54, 1.807) is 0 Å². The first-order valence-corrected chi connectivity index (χ1v) is 11.1. The number of carbonyl (C=O) groups is 2. The summed E-state index contributed by atoms with van der Waals surface area (Å²) < 4.78 is 77.6. The first kappa shape index (κ1) is 24.5. The molecule has 2 aliphatic heterocycles. The van der Waals surface area contributed by atoms with Gasteiger partial charge >= 0.3 is 6.18 Å². The van der Waals surface area contributed by atoms with Crippen LogP contribution in [0.3, 0.4) is 0 Å². The van der Waals surface area contributed by atoms with E-state index in [4.69, 9.17) is 9.47 Å². The normalized spacial score (nSPS) is 15.4. The molecule has 3 heterocycles. The van der Waals surface area contributed by atoms with Crippen LogP contribution in [0.25, 0.3) is 11.1 Å². The highest BCUT2D eigenvalue weighted by Crippen LogP contribution is 2.33. The van der Waals surface area contributed by atoms with Gasteiger partial charge in [0.2, 0.25) is 0 Å². The molecule has 3 aromatic rings. The van der Waals surface area contributed by atoms with Crippen molar-refractivity contribution in [3.63, 3.8) is 0 Å². The average Bonchev–Trinajstić information content (AvgIpc) is 2.83. The Morgan fingerprint density at radius 2 is 1.84 bits per heavy atom. The number of hydrogen-bond donors (Lipinski definition) is 1. The van der Waals surface area contributed by atoms with E-state index in [0.717, 1.165) is 24.4 Å². The summed E-state index contributed by atoms with van der Waals surface area (Å²) >= 11 is 0. The van der Waals surface area contributed by atoms with Gasteiger partial charge in [-0.2, -0.15) is 13.2 Å². The minimum absolute atomic E-state index is 0.0510. The Balaban J connectivity index is 1.16. The van der Waals surface area contributed by atoms with Crippen molar-refractivity contribution in [2.45, 2.75) is 6.18 Å². The minimum Gasteiger partial charge on any atom is -0.490 e. The van der Waals surface area contributed by atoms with Gasteiger partial charge in [-0.25, -0.2) is 8.78 Å². The van der Waals surface area contributed by atoms with E-state index < -0.39 is 35.3 Å². The van der Waals surface area contributed by atoms with Gasteiger partial charge in [-0.3, -0.25) is 14.6 Å². The third-order valence-corrected chi connectivity index (χ3v) is 5.97. The van der Waals surface area contributed by atoms with Crippen molar-refractivity contribution < 1.29 is 41.0 Å². The Morgan fingerprint density at radius 1 is 1.08 bits per heavy atom. The number of anilines is 1. The van der Waals surface area contributed by atoms with E-state index in [0.29, 0.717) is 11.1 Å². The molecule has 0 saturated carbocycles. The Kier molecular flexibility index (Phi) is 6.18. The summed E-state index contributed by atoms with van der Waals surface area (Å²) in [7, 11) is 0. The number of rotatable bonds is 5. The van der Waals surface area contributed by atoms with Crippen molar-refractivity contribution in [2.24, 2.45) is 5.92 Å². The lowest BCUT2D eigenvalue weighted by Crippen LogP contribution is -2.52. The fraction of sp³-hybridized carbons (Fsp3) is 0.240. The summed E-state index contributed by atoms with van der Waals surface area (Å²) in [5.74, 6) is -2.47. The SMILES string of the molecule is O=C1COc2cc(F)c(C(=O)N3CC(COc4ccc(-c5ccc(C(F)(F)F)nc5)cc4F)C3)cc2N1. The smallest absolute Gasteiger partial charge is 0.433 e. The first-order chi connectivity index (χ1) is 17.6.